The fourth-order valence-corrected chi connectivity index (χ4v) is 4.47. The third kappa shape index (κ3) is 4.17. The molecule has 2 rings (SSSR count). The van der Waals surface area contributed by atoms with Crippen LogP contribution in [-0.2, 0) is 6.54 Å². The number of nitrogens with one attached hydrogen (secondary N) is 1. The minimum Gasteiger partial charge on any atom is -0.334 e. The lowest BCUT2D eigenvalue weighted by Crippen LogP contribution is -2.57. The molecule has 1 aliphatic rings. The van der Waals surface area contributed by atoms with Crippen molar-refractivity contribution in [2.75, 3.05) is 0 Å². The Balaban J connectivity index is 2.24. The van der Waals surface area contributed by atoms with Crippen molar-refractivity contribution in [3.8, 4) is 0 Å². The van der Waals surface area contributed by atoms with Crippen LogP contribution in [0.5, 0.6) is 0 Å². The number of halogens is 1. The molecule has 5 nitrogen and oxygen atoms in total. The number of nitrogens with zero attached hydrogens (tertiary/aromatic N) is 2. The summed E-state index contributed by atoms with van der Waals surface area (Å²) in [5.74, 6) is -0.311. The summed E-state index contributed by atoms with van der Waals surface area (Å²) in [7, 11) is 0. The van der Waals surface area contributed by atoms with E-state index >= 15 is 0 Å². The molecule has 24 heavy (non-hydrogen) atoms. The van der Waals surface area contributed by atoms with Crippen molar-refractivity contribution >= 4 is 34.3 Å². The average Bonchev–Trinajstić information content (AvgIpc) is 2.68. The van der Waals surface area contributed by atoms with Crippen LogP contribution < -0.4 is 5.32 Å². The molecule has 2 amide bonds. The van der Waals surface area contributed by atoms with Crippen molar-refractivity contribution in [3.63, 3.8) is 0 Å². The van der Waals surface area contributed by atoms with Crippen molar-refractivity contribution in [1.82, 2.24) is 15.3 Å². The molecule has 1 atom stereocenters. The zero-order valence-electron chi connectivity index (χ0n) is 14.1. The van der Waals surface area contributed by atoms with E-state index in [9.17, 15) is 14.4 Å². The van der Waals surface area contributed by atoms with E-state index in [1.165, 1.54) is 23.9 Å². The van der Waals surface area contributed by atoms with Crippen molar-refractivity contribution in [1.29, 1.82) is 0 Å². The predicted molar refractivity (Wildman–Crippen MR) is 97.3 cm³/mol. The Morgan fingerprint density at radius 3 is 2.58 bits per heavy atom. The Morgan fingerprint density at radius 2 is 2.04 bits per heavy atom. The summed E-state index contributed by atoms with van der Waals surface area (Å²) in [6.07, 6.45) is -0.626. The number of amides is 2. The minimum absolute atomic E-state index is 0.0955. The highest BCUT2D eigenvalue weighted by molar-refractivity contribution is 8.24. The topological polar surface area (TPSA) is 55.8 Å². The van der Waals surface area contributed by atoms with Crippen molar-refractivity contribution in [3.05, 3.63) is 35.6 Å². The first-order valence-corrected chi connectivity index (χ1v) is 8.87. The molecular formula is C16H22FN3O2S2. The Kier molecular flexibility index (Phi) is 5.72. The van der Waals surface area contributed by atoms with Gasteiger partial charge < -0.3 is 10.2 Å². The molecule has 1 heterocycles. The van der Waals surface area contributed by atoms with Gasteiger partial charge in [0.2, 0.25) is 0 Å². The molecule has 1 saturated heterocycles. The van der Waals surface area contributed by atoms with Gasteiger partial charge in [-0.25, -0.2) is 9.18 Å². The summed E-state index contributed by atoms with van der Waals surface area (Å²) in [6.45, 7) is 7.87. The summed E-state index contributed by atoms with van der Waals surface area (Å²) in [5.41, 5.74) is 0.847. The maximum absolute atomic E-state index is 13.1. The van der Waals surface area contributed by atoms with Gasteiger partial charge in [0.1, 0.15) is 16.3 Å². The summed E-state index contributed by atoms with van der Waals surface area (Å²) in [4.78, 5) is 14.0. The molecule has 132 valence electrons. The number of hydrogen-bond acceptors (Lipinski definition) is 4. The minimum atomic E-state index is -0.626. The van der Waals surface area contributed by atoms with Gasteiger partial charge in [-0.05, 0) is 45.4 Å². The quantitative estimate of drug-likeness (QED) is 0.481. The predicted octanol–water partition coefficient (Wildman–Crippen LogP) is 3.57. The Morgan fingerprint density at radius 1 is 1.46 bits per heavy atom. The van der Waals surface area contributed by atoms with Gasteiger partial charge >= 0.3 is 6.03 Å². The number of carbonyl (C=O) groups is 1. The van der Waals surface area contributed by atoms with Gasteiger partial charge in [-0.2, -0.15) is 5.06 Å². The van der Waals surface area contributed by atoms with E-state index < -0.39 is 16.9 Å². The van der Waals surface area contributed by atoms with Crippen LogP contribution in [0.15, 0.2) is 24.3 Å². The smallest absolute Gasteiger partial charge is 0.334 e. The van der Waals surface area contributed by atoms with Crippen LogP contribution in [0.3, 0.4) is 0 Å². The highest BCUT2D eigenvalue weighted by Gasteiger charge is 2.49. The third-order valence-electron chi connectivity index (χ3n) is 3.62. The fraction of sp³-hybridized carbons (Fsp3) is 0.500. The number of hydroxylamine groups is 2. The van der Waals surface area contributed by atoms with Crippen molar-refractivity contribution < 1.29 is 14.4 Å². The maximum Gasteiger partial charge on any atom is 0.343 e. The van der Waals surface area contributed by atoms with E-state index in [4.69, 9.17) is 12.2 Å². The molecule has 2 N–H and O–H groups in total. The molecule has 0 aliphatic carbocycles. The number of hydrogen-bond donors (Lipinski definition) is 2. The Bertz CT molecular complexity index is 622. The number of rotatable bonds is 4. The molecule has 1 aliphatic heterocycles. The highest BCUT2D eigenvalue weighted by atomic mass is 32.2. The summed E-state index contributed by atoms with van der Waals surface area (Å²) in [5, 5.41) is 13.8. The van der Waals surface area contributed by atoms with Crippen molar-refractivity contribution in [2.45, 2.75) is 51.2 Å². The lowest BCUT2D eigenvalue weighted by atomic mass is 10.1. The van der Waals surface area contributed by atoms with Crippen LogP contribution in [-0.4, -0.2) is 42.5 Å². The van der Waals surface area contributed by atoms with Crippen LogP contribution in [0, 0.1) is 5.82 Å². The zero-order chi connectivity index (χ0) is 18.1. The molecule has 0 aromatic heterocycles. The number of benzene rings is 1. The number of carbonyl (C=O) groups excluding carboxylic acids is 1. The SMILES string of the molecule is CC(C)NC(=O)N(O)C1N(Cc2ccc(F)cc2)C(=S)SC1(C)C. The van der Waals surface area contributed by atoms with E-state index in [1.807, 2.05) is 27.7 Å². The van der Waals surface area contributed by atoms with E-state index in [0.717, 1.165) is 5.56 Å². The van der Waals surface area contributed by atoms with Gasteiger partial charge in [-0.1, -0.05) is 36.1 Å². The van der Waals surface area contributed by atoms with Gasteiger partial charge in [-0.3, -0.25) is 5.21 Å². The molecule has 0 bridgehead atoms. The van der Waals surface area contributed by atoms with E-state index in [-0.39, 0.29) is 11.9 Å². The van der Waals surface area contributed by atoms with E-state index in [2.05, 4.69) is 5.32 Å². The second kappa shape index (κ2) is 7.25. The van der Waals surface area contributed by atoms with Gasteiger partial charge in [0, 0.05) is 12.6 Å². The van der Waals surface area contributed by atoms with Crippen LogP contribution in [0.25, 0.3) is 0 Å². The Hall–Kier alpha value is -1.38. The number of thioether (sulfide) groups is 1. The Labute approximate surface area is 151 Å². The first kappa shape index (κ1) is 19.0. The molecule has 0 radical (unpaired) electrons. The zero-order valence-corrected chi connectivity index (χ0v) is 15.7. The molecule has 1 aromatic carbocycles. The summed E-state index contributed by atoms with van der Waals surface area (Å²) < 4.78 is 13.2. The maximum atomic E-state index is 13.1. The molecule has 1 fully saturated rings. The third-order valence-corrected chi connectivity index (χ3v) is 5.25. The average molecular weight is 372 g/mol. The van der Waals surface area contributed by atoms with E-state index in [0.29, 0.717) is 15.9 Å². The molecule has 1 unspecified atom stereocenters. The monoisotopic (exact) mass is 371 g/mol. The first-order chi connectivity index (χ1) is 11.1. The van der Waals surface area contributed by atoms with Gasteiger partial charge in [0.05, 0.1) is 4.75 Å². The van der Waals surface area contributed by atoms with Gasteiger partial charge in [-0.15, -0.1) is 0 Å². The van der Waals surface area contributed by atoms with Crippen LogP contribution >= 0.6 is 24.0 Å². The number of thiocarbonyl (C=S) groups is 1. The lowest BCUT2D eigenvalue weighted by Gasteiger charge is -2.37. The van der Waals surface area contributed by atoms with Gasteiger partial charge in [0.25, 0.3) is 0 Å². The van der Waals surface area contributed by atoms with Crippen LogP contribution in [0.2, 0.25) is 0 Å². The second-order valence-electron chi connectivity index (χ2n) is 6.55. The molecule has 0 spiro atoms. The molecule has 1 aromatic rings. The fourth-order valence-electron chi connectivity index (χ4n) is 2.60. The first-order valence-electron chi connectivity index (χ1n) is 7.64. The second-order valence-corrected chi connectivity index (χ2v) is 8.84. The molecule has 0 saturated carbocycles. The summed E-state index contributed by atoms with van der Waals surface area (Å²) in [6, 6.07) is 5.43. The molecular weight excluding hydrogens is 349 g/mol. The van der Waals surface area contributed by atoms with Crippen LogP contribution in [0.4, 0.5) is 9.18 Å². The highest BCUT2D eigenvalue weighted by Crippen LogP contribution is 2.43. The van der Waals surface area contributed by atoms with Crippen LogP contribution in [0.1, 0.15) is 33.3 Å². The lowest BCUT2D eigenvalue weighted by molar-refractivity contribution is -0.120. The molecule has 8 heteroatoms. The van der Waals surface area contributed by atoms with Gasteiger partial charge in [0.15, 0.2) is 0 Å². The standard InChI is InChI=1S/C16H22FN3O2S2/c1-10(2)18-14(21)20(22)13-16(3,4)24-15(23)19(13)9-11-5-7-12(17)8-6-11/h5-8,10,13,22H,9H2,1-4H3,(H,18,21). The number of urea groups is 1. The normalized spacial score (nSPS) is 19.7. The largest absolute Gasteiger partial charge is 0.343 e. The van der Waals surface area contributed by atoms with Crippen molar-refractivity contribution in [2.24, 2.45) is 0 Å². The van der Waals surface area contributed by atoms with E-state index in [1.54, 1.807) is 17.0 Å². The summed E-state index contributed by atoms with van der Waals surface area (Å²) >= 11 is 6.86.